The minimum absolute atomic E-state index is 0.205. The molecule has 4 aromatic rings. The number of sulfonamides is 2. The van der Waals surface area contributed by atoms with Gasteiger partial charge in [-0.1, -0.05) is 58.9 Å². The molecule has 0 unspecified atom stereocenters. The quantitative estimate of drug-likeness (QED) is 0.207. The van der Waals surface area contributed by atoms with Crippen LogP contribution in [0.15, 0.2) is 93.6 Å². The third-order valence-corrected chi connectivity index (χ3v) is 12.4. The number of hydrogen-bond donors (Lipinski definition) is 0. The molecule has 2 heterocycles. The summed E-state index contributed by atoms with van der Waals surface area (Å²) in [7, 11) is -4.35. The van der Waals surface area contributed by atoms with E-state index in [1.807, 2.05) is 62.4 Å². The summed E-state index contributed by atoms with van der Waals surface area (Å²) in [6.45, 7) is 8.41. The molecule has 0 aromatic heterocycles. The highest BCUT2D eigenvalue weighted by atomic mass is 79.9. The molecule has 0 saturated carbocycles. The van der Waals surface area contributed by atoms with Crippen LogP contribution in [-0.2, 0) is 32.9 Å². The highest BCUT2D eigenvalue weighted by molar-refractivity contribution is 9.10. The summed E-state index contributed by atoms with van der Waals surface area (Å²) in [6, 6.07) is 21.7. The van der Waals surface area contributed by atoms with E-state index >= 15 is 0 Å². The Balaban J connectivity index is 0.000000178. The lowest BCUT2D eigenvalue weighted by Crippen LogP contribution is -2.29. The molecule has 0 amide bonds. The van der Waals surface area contributed by atoms with Gasteiger partial charge in [-0.3, -0.25) is 8.61 Å². The normalized spacial score (nSPS) is 13.9. The zero-order valence-corrected chi connectivity index (χ0v) is 28.8. The number of rotatable bonds is 7. The average Bonchev–Trinajstić information content (AvgIpc) is 3.68. The Labute approximate surface area is 274 Å². The Kier molecular flexibility index (Phi) is 9.34. The molecule has 0 atom stereocenters. The molecule has 2 aliphatic heterocycles. The molecule has 0 radical (unpaired) electrons. The third-order valence-electron chi connectivity index (χ3n) is 7.94. The van der Waals surface area contributed by atoms with E-state index in [4.69, 9.17) is 9.47 Å². The number of anilines is 2. The van der Waals surface area contributed by atoms with Gasteiger partial charge in [-0.25, -0.2) is 16.8 Å². The molecule has 8 nitrogen and oxygen atoms in total. The Morgan fingerprint density at radius 1 is 0.711 bits per heavy atom. The number of aryl methyl sites for hydroxylation is 2. The maximum absolute atomic E-state index is 13.1. The largest absolute Gasteiger partial charge is 0.495 e. The molecule has 236 valence electrons. The molecule has 0 fully saturated rings. The Morgan fingerprint density at radius 2 is 1.18 bits per heavy atom. The summed E-state index contributed by atoms with van der Waals surface area (Å²) in [5.74, 6) is 0.734. The van der Waals surface area contributed by atoms with Crippen LogP contribution < -0.4 is 18.1 Å². The Hall–Kier alpha value is -3.80. The van der Waals surface area contributed by atoms with Gasteiger partial charge in [0, 0.05) is 17.6 Å². The van der Waals surface area contributed by atoms with Gasteiger partial charge in [0.2, 0.25) is 0 Å². The van der Waals surface area contributed by atoms with E-state index in [1.54, 1.807) is 30.3 Å². The Bertz CT molecular complexity index is 1990. The van der Waals surface area contributed by atoms with Crippen LogP contribution in [0.25, 0.3) is 6.08 Å². The molecule has 0 N–H and O–H groups in total. The van der Waals surface area contributed by atoms with Crippen molar-refractivity contribution in [1.29, 1.82) is 0 Å². The first-order chi connectivity index (χ1) is 21.4. The number of methoxy groups -OCH3 is 2. The third kappa shape index (κ3) is 6.08. The van der Waals surface area contributed by atoms with Crippen LogP contribution >= 0.6 is 15.9 Å². The fraction of sp³-hybridized carbons (Fsp3) is 0.235. The number of ether oxygens (including phenoxy) is 2. The number of fused-ring (bicyclic) bond motifs is 2. The van der Waals surface area contributed by atoms with Crippen LogP contribution in [0, 0.1) is 13.8 Å². The van der Waals surface area contributed by atoms with Crippen molar-refractivity contribution in [1.82, 2.24) is 0 Å². The van der Waals surface area contributed by atoms with Crippen molar-refractivity contribution >= 4 is 53.4 Å². The zero-order chi connectivity index (χ0) is 32.5. The SMILES string of the molecule is C=Cc1cccc2c1CCN2S(=O)(=O)c1cc(C)ccc1OC.COc1ccc(C)cc1S(=O)(=O)N1CCc2c(Br)cccc21. The van der Waals surface area contributed by atoms with E-state index in [9.17, 15) is 16.8 Å². The van der Waals surface area contributed by atoms with Crippen LogP contribution in [0.5, 0.6) is 11.5 Å². The molecular formula is C34H35BrN2O6S2. The smallest absolute Gasteiger partial charge is 0.268 e. The first-order valence-electron chi connectivity index (χ1n) is 14.3. The molecule has 0 spiro atoms. The number of nitrogens with zero attached hydrogens (tertiary/aromatic N) is 2. The van der Waals surface area contributed by atoms with Gasteiger partial charge in [-0.05, 0) is 97.0 Å². The molecule has 4 aromatic carbocycles. The summed E-state index contributed by atoms with van der Waals surface area (Å²) in [5, 5.41) is 0. The van der Waals surface area contributed by atoms with E-state index in [-0.39, 0.29) is 9.79 Å². The van der Waals surface area contributed by atoms with Crippen LogP contribution in [0.1, 0.15) is 27.8 Å². The first kappa shape index (κ1) is 32.6. The molecule has 11 heteroatoms. The van der Waals surface area contributed by atoms with Gasteiger partial charge in [-0.15, -0.1) is 0 Å². The summed E-state index contributed by atoms with van der Waals surface area (Å²) < 4.78 is 66.8. The molecule has 0 saturated heterocycles. The van der Waals surface area contributed by atoms with Gasteiger partial charge < -0.3 is 9.47 Å². The summed E-state index contributed by atoms with van der Waals surface area (Å²) in [6.07, 6.45) is 3.15. The van der Waals surface area contributed by atoms with E-state index in [0.29, 0.717) is 37.4 Å². The van der Waals surface area contributed by atoms with Gasteiger partial charge in [0.15, 0.2) is 0 Å². The zero-order valence-electron chi connectivity index (χ0n) is 25.6. The molecule has 6 rings (SSSR count). The van der Waals surface area contributed by atoms with Crippen molar-refractivity contribution in [3.63, 3.8) is 0 Å². The maximum Gasteiger partial charge on any atom is 0.268 e. The number of benzene rings is 4. The fourth-order valence-electron chi connectivity index (χ4n) is 5.69. The van der Waals surface area contributed by atoms with Crippen molar-refractivity contribution in [2.24, 2.45) is 0 Å². The standard InChI is InChI=1S/C18H19NO3S.C16H16BrNO3S/c1-4-14-6-5-7-16-15(14)10-11-19(16)23(20,21)18-12-13(2)8-9-17(18)22-3;1-11-6-7-15(21-2)16(10-11)22(19,20)18-9-8-12-13(17)4-3-5-14(12)18/h4-9,12H,1,10-11H2,2-3H3;3-7,10H,8-9H2,1-2H3. The van der Waals surface area contributed by atoms with Crippen molar-refractivity contribution in [3.05, 3.63) is 112 Å². The maximum atomic E-state index is 13.1. The van der Waals surface area contributed by atoms with E-state index in [2.05, 4.69) is 22.5 Å². The highest BCUT2D eigenvalue weighted by Crippen LogP contribution is 2.40. The molecular weight excluding hydrogens is 676 g/mol. The second-order valence-electron chi connectivity index (χ2n) is 10.7. The average molecular weight is 712 g/mol. The van der Waals surface area contributed by atoms with Crippen LogP contribution in [0.4, 0.5) is 11.4 Å². The van der Waals surface area contributed by atoms with Crippen LogP contribution in [0.2, 0.25) is 0 Å². The molecule has 2 aliphatic rings. The first-order valence-corrected chi connectivity index (χ1v) is 18.0. The fourth-order valence-corrected chi connectivity index (χ4v) is 9.73. The topological polar surface area (TPSA) is 93.2 Å². The summed E-state index contributed by atoms with van der Waals surface area (Å²) >= 11 is 3.49. The Morgan fingerprint density at radius 3 is 1.67 bits per heavy atom. The lowest BCUT2D eigenvalue weighted by atomic mass is 10.1. The summed E-state index contributed by atoms with van der Waals surface area (Å²) in [4.78, 5) is 0.416. The monoisotopic (exact) mass is 710 g/mol. The van der Waals surface area contributed by atoms with Crippen LogP contribution in [-0.4, -0.2) is 44.1 Å². The number of halogens is 1. The highest BCUT2D eigenvalue weighted by Gasteiger charge is 2.35. The summed E-state index contributed by atoms with van der Waals surface area (Å²) in [5.41, 5.74) is 6.26. The molecule has 45 heavy (non-hydrogen) atoms. The van der Waals surface area contributed by atoms with Crippen molar-refractivity contribution < 1.29 is 26.3 Å². The van der Waals surface area contributed by atoms with E-state index in [1.165, 1.54) is 22.8 Å². The van der Waals surface area contributed by atoms with Gasteiger partial charge in [0.05, 0.1) is 25.6 Å². The van der Waals surface area contributed by atoms with Crippen molar-refractivity contribution in [3.8, 4) is 11.5 Å². The second-order valence-corrected chi connectivity index (χ2v) is 15.3. The van der Waals surface area contributed by atoms with Crippen molar-refractivity contribution in [2.45, 2.75) is 36.5 Å². The van der Waals surface area contributed by atoms with Crippen LogP contribution in [0.3, 0.4) is 0 Å². The van der Waals surface area contributed by atoms with Gasteiger partial charge >= 0.3 is 0 Å². The second kappa shape index (κ2) is 12.9. The van der Waals surface area contributed by atoms with E-state index in [0.717, 1.165) is 43.7 Å². The lowest BCUT2D eigenvalue weighted by Gasteiger charge is -2.21. The minimum Gasteiger partial charge on any atom is -0.495 e. The molecule has 0 aliphatic carbocycles. The van der Waals surface area contributed by atoms with E-state index < -0.39 is 20.0 Å². The molecule has 0 bridgehead atoms. The van der Waals surface area contributed by atoms with Gasteiger partial charge in [0.25, 0.3) is 20.0 Å². The van der Waals surface area contributed by atoms with Crippen molar-refractivity contribution in [2.75, 3.05) is 35.9 Å². The van der Waals surface area contributed by atoms with Gasteiger partial charge in [0.1, 0.15) is 21.3 Å². The predicted molar refractivity (Wildman–Crippen MR) is 183 cm³/mol. The lowest BCUT2D eigenvalue weighted by molar-refractivity contribution is 0.402. The predicted octanol–water partition coefficient (Wildman–Crippen LogP) is 6.92. The number of hydrogen-bond acceptors (Lipinski definition) is 6. The van der Waals surface area contributed by atoms with Gasteiger partial charge in [-0.2, -0.15) is 0 Å². The minimum atomic E-state index is -3.67.